The molecule has 0 aliphatic heterocycles. The van der Waals surface area contributed by atoms with Gasteiger partial charge < -0.3 is 36.0 Å². The van der Waals surface area contributed by atoms with E-state index in [0.29, 0.717) is 41.5 Å². The van der Waals surface area contributed by atoms with Crippen molar-refractivity contribution in [2.75, 3.05) is 36.8 Å². The standard InChI is InChI=1S/C31H37F3N8O3/c1-2-15-41(29(45)31(32,33)34)22-16-23(26(44)25(22)43)42-18-38-24-27(39-30(36-14-13-35)40-28(24)42)37-17-21(19-9-5-3-6-10-19)20-11-7-4-8-12-20/h3-12,18,21-23,25-26,43-44H,2,13-17,35H2,1H3,(H2,36,37,39,40)/t22-,23+,25+,26-/m0/s1. The zero-order chi connectivity index (χ0) is 32.1. The Balaban J connectivity index is 1.49. The maximum absolute atomic E-state index is 13.4. The summed E-state index contributed by atoms with van der Waals surface area (Å²) in [5, 5.41) is 28.4. The van der Waals surface area contributed by atoms with Gasteiger partial charge in [0, 0.05) is 32.1 Å². The normalized spacial score (nSPS) is 20.1. The zero-order valence-electron chi connectivity index (χ0n) is 24.7. The first-order valence-electron chi connectivity index (χ1n) is 14.9. The zero-order valence-corrected chi connectivity index (χ0v) is 24.7. The van der Waals surface area contributed by atoms with E-state index in [1.165, 1.54) is 10.9 Å². The van der Waals surface area contributed by atoms with Gasteiger partial charge in [0.05, 0.1) is 18.4 Å². The summed E-state index contributed by atoms with van der Waals surface area (Å²) in [6.07, 6.45) is -6.70. The van der Waals surface area contributed by atoms with Crippen molar-refractivity contribution in [3.8, 4) is 0 Å². The molecule has 1 amide bonds. The predicted octanol–water partition coefficient (Wildman–Crippen LogP) is 3.28. The van der Waals surface area contributed by atoms with Crippen LogP contribution >= 0.6 is 0 Å². The fourth-order valence-corrected chi connectivity index (χ4v) is 5.94. The molecule has 0 bridgehead atoms. The number of aliphatic hydroxyl groups is 2. The lowest BCUT2D eigenvalue weighted by molar-refractivity contribution is -0.190. The second-order valence-corrected chi connectivity index (χ2v) is 11.0. The summed E-state index contributed by atoms with van der Waals surface area (Å²) in [5.74, 6) is -1.45. The predicted molar refractivity (Wildman–Crippen MR) is 164 cm³/mol. The molecule has 0 spiro atoms. The second kappa shape index (κ2) is 13.8. The maximum Gasteiger partial charge on any atom is 0.471 e. The molecule has 0 unspecified atom stereocenters. The number of nitrogens with one attached hydrogen (secondary N) is 2. The van der Waals surface area contributed by atoms with Crippen LogP contribution in [0.2, 0.25) is 0 Å². The van der Waals surface area contributed by atoms with Gasteiger partial charge in [0.25, 0.3) is 0 Å². The highest BCUT2D eigenvalue weighted by Crippen LogP contribution is 2.38. The van der Waals surface area contributed by atoms with E-state index in [1.54, 1.807) is 6.92 Å². The number of amides is 1. The Labute approximate surface area is 258 Å². The average molecular weight is 627 g/mol. The van der Waals surface area contributed by atoms with Gasteiger partial charge in [0.2, 0.25) is 5.95 Å². The summed E-state index contributed by atoms with van der Waals surface area (Å²) in [6, 6.07) is 17.8. The third-order valence-corrected chi connectivity index (χ3v) is 8.07. The maximum atomic E-state index is 13.4. The molecule has 2 aromatic heterocycles. The van der Waals surface area contributed by atoms with Gasteiger partial charge in [0.15, 0.2) is 17.0 Å². The molecule has 0 saturated heterocycles. The highest BCUT2D eigenvalue weighted by Gasteiger charge is 2.51. The van der Waals surface area contributed by atoms with Gasteiger partial charge in [0.1, 0.15) is 12.2 Å². The number of alkyl halides is 3. The summed E-state index contributed by atoms with van der Waals surface area (Å²) in [6.45, 7) is 2.54. The van der Waals surface area contributed by atoms with Gasteiger partial charge in [-0.1, -0.05) is 67.6 Å². The minimum atomic E-state index is -5.12. The number of rotatable bonds is 12. The number of nitrogens with two attached hydrogens (primary N) is 1. The summed E-state index contributed by atoms with van der Waals surface area (Å²) < 4.78 is 41.8. The first-order valence-corrected chi connectivity index (χ1v) is 14.9. The first-order chi connectivity index (χ1) is 21.6. The Kier molecular flexibility index (Phi) is 9.85. The summed E-state index contributed by atoms with van der Waals surface area (Å²) in [5.41, 5.74) is 8.54. The van der Waals surface area contributed by atoms with Gasteiger partial charge in [-0.25, -0.2) is 4.98 Å². The SMILES string of the molecule is CCCN(C(=O)C(F)(F)F)[C@H]1C[C@@H](n2cnc3c(NCC(c4ccccc4)c4ccccc4)nc(NCCN)nc32)[C@H](O)[C@@H]1O. The van der Waals surface area contributed by atoms with Crippen LogP contribution in [-0.2, 0) is 4.79 Å². The lowest BCUT2D eigenvalue weighted by Gasteiger charge is -2.31. The molecule has 1 fully saturated rings. The molecule has 1 saturated carbocycles. The van der Waals surface area contributed by atoms with Gasteiger partial charge >= 0.3 is 12.1 Å². The topological polar surface area (TPSA) is 154 Å². The molecule has 0 radical (unpaired) electrons. The Morgan fingerprint density at radius 2 is 1.69 bits per heavy atom. The summed E-state index contributed by atoms with van der Waals surface area (Å²) in [4.78, 5) is 26.6. The van der Waals surface area contributed by atoms with Crippen molar-refractivity contribution in [2.45, 2.75) is 56.2 Å². The molecule has 11 nitrogen and oxygen atoms in total. The fraction of sp³-hybridized carbons (Fsp3) is 0.419. The quantitative estimate of drug-likeness (QED) is 0.159. The number of nitrogens with zero attached hydrogens (tertiary/aromatic N) is 5. The molecule has 4 atom stereocenters. The third kappa shape index (κ3) is 6.87. The molecule has 45 heavy (non-hydrogen) atoms. The number of anilines is 2. The van der Waals surface area contributed by atoms with Gasteiger partial charge in [-0.15, -0.1) is 0 Å². The van der Waals surface area contributed by atoms with Crippen molar-refractivity contribution in [3.63, 3.8) is 0 Å². The molecule has 2 aromatic carbocycles. The van der Waals surface area contributed by atoms with Crippen LogP contribution in [0.5, 0.6) is 0 Å². The van der Waals surface area contributed by atoms with Crippen molar-refractivity contribution in [1.82, 2.24) is 24.4 Å². The molecule has 2 heterocycles. The lowest BCUT2D eigenvalue weighted by Crippen LogP contribution is -2.51. The van der Waals surface area contributed by atoms with Crippen LogP contribution in [0.4, 0.5) is 24.9 Å². The van der Waals surface area contributed by atoms with E-state index < -0.39 is 36.4 Å². The molecule has 1 aliphatic rings. The van der Waals surface area contributed by atoms with E-state index in [2.05, 4.69) is 25.6 Å². The van der Waals surface area contributed by atoms with Gasteiger partial charge in [-0.2, -0.15) is 23.1 Å². The number of imidazole rings is 1. The van der Waals surface area contributed by atoms with Crippen LogP contribution in [-0.4, -0.2) is 91.1 Å². The molecule has 5 rings (SSSR count). The van der Waals surface area contributed by atoms with Crippen molar-refractivity contribution < 1.29 is 28.2 Å². The van der Waals surface area contributed by atoms with Crippen molar-refractivity contribution in [3.05, 3.63) is 78.1 Å². The number of hydrogen-bond donors (Lipinski definition) is 5. The van der Waals surface area contributed by atoms with E-state index >= 15 is 0 Å². The number of carbonyl (C=O) groups excluding carboxylic acids is 1. The smallest absolute Gasteiger partial charge is 0.388 e. The highest BCUT2D eigenvalue weighted by molar-refractivity contribution is 5.85. The number of aromatic nitrogens is 4. The van der Waals surface area contributed by atoms with Crippen LogP contribution in [0.1, 0.15) is 42.9 Å². The summed E-state index contributed by atoms with van der Waals surface area (Å²) in [7, 11) is 0. The molecule has 4 aromatic rings. The van der Waals surface area contributed by atoms with E-state index in [-0.39, 0.29) is 31.3 Å². The first kappa shape index (κ1) is 32.1. The van der Waals surface area contributed by atoms with E-state index in [4.69, 9.17) is 5.73 Å². The molecular weight excluding hydrogens is 589 g/mol. The Hall–Kier alpha value is -4.27. The minimum Gasteiger partial charge on any atom is -0.388 e. The molecule has 240 valence electrons. The lowest BCUT2D eigenvalue weighted by atomic mass is 9.91. The Morgan fingerprint density at radius 3 is 2.27 bits per heavy atom. The number of aliphatic hydroxyl groups excluding tert-OH is 2. The van der Waals surface area contributed by atoms with Crippen LogP contribution in [0, 0.1) is 0 Å². The van der Waals surface area contributed by atoms with Crippen molar-refractivity contribution in [2.24, 2.45) is 5.73 Å². The van der Waals surface area contributed by atoms with Crippen LogP contribution in [0.15, 0.2) is 67.0 Å². The minimum absolute atomic E-state index is 0.0387. The molecular formula is C31H37F3N8O3. The number of benzene rings is 2. The number of halogens is 3. The van der Waals surface area contributed by atoms with Crippen molar-refractivity contribution in [1.29, 1.82) is 0 Å². The molecule has 1 aliphatic carbocycles. The van der Waals surface area contributed by atoms with Gasteiger partial charge in [-0.05, 0) is 24.0 Å². The van der Waals surface area contributed by atoms with Crippen LogP contribution in [0.3, 0.4) is 0 Å². The Morgan fingerprint density at radius 1 is 1.04 bits per heavy atom. The summed E-state index contributed by atoms with van der Waals surface area (Å²) >= 11 is 0. The van der Waals surface area contributed by atoms with Crippen LogP contribution in [0.25, 0.3) is 11.2 Å². The van der Waals surface area contributed by atoms with E-state index in [1.807, 2.05) is 60.7 Å². The number of carbonyl (C=O) groups is 1. The second-order valence-electron chi connectivity index (χ2n) is 11.0. The van der Waals surface area contributed by atoms with E-state index in [9.17, 15) is 28.2 Å². The third-order valence-electron chi connectivity index (χ3n) is 8.07. The largest absolute Gasteiger partial charge is 0.471 e. The van der Waals surface area contributed by atoms with Crippen molar-refractivity contribution >= 4 is 28.8 Å². The number of hydrogen-bond acceptors (Lipinski definition) is 9. The Bertz CT molecular complexity index is 1530. The molecule has 14 heteroatoms. The molecule has 6 N–H and O–H groups in total. The fourth-order valence-electron chi connectivity index (χ4n) is 5.94. The monoisotopic (exact) mass is 626 g/mol. The number of fused-ring (bicyclic) bond motifs is 1. The van der Waals surface area contributed by atoms with E-state index in [0.717, 1.165) is 11.1 Å². The van der Waals surface area contributed by atoms with Gasteiger partial charge in [-0.3, -0.25) is 4.79 Å². The van der Waals surface area contributed by atoms with Crippen LogP contribution < -0.4 is 16.4 Å². The highest BCUT2D eigenvalue weighted by atomic mass is 19.4. The average Bonchev–Trinajstić information content (AvgIpc) is 3.59.